The highest BCUT2D eigenvalue weighted by Crippen LogP contribution is 2.33. The molecule has 0 bridgehead atoms. The maximum absolute atomic E-state index is 11.2. The first-order chi connectivity index (χ1) is 12.2. The number of ether oxygens (including phenoxy) is 3. The number of hydrogen-bond donors (Lipinski definition) is 5. The second-order valence-electron chi connectivity index (χ2n) is 5.63. The van der Waals surface area contributed by atoms with Crippen molar-refractivity contribution < 1.29 is 44.2 Å². The molecule has 1 fully saturated rings. The van der Waals surface area contributed by atoms with E-state index in [-0.39, 0.29) is 24.0 Å². The van der Waals surface area contributed by atoms with Gasteiger partial charge in [-0.05, 0) is 19.1 Å². The first-order valence-electron chi connectivity index (χ1n) is 7.88. The lowest BCUT2D eigenvalue weighted by atomic mass is 9.99. The molecular formula is C16H21NO9. The smallest absolute Gasteiger partial charge is 0.335 e. The first kappa shape index (κ1) is 19.9. The molecule has 1 aromatic rings. The monoisotopic (exact) mass is 371 g/mol. The fraction of sp³-hybridized carbons (Fsp3) is 0.500. The molecule has 10 nitrogen and oxygen atoms in total. The van der Waals surface area contributed by atoms with Crippen LogP contribution in [-0.4, -0.2) is 69.6 Å². The van der Waals surface area contributed by atoms with Gasteiger partial charge in [0.15, 0.2) is 17.6 Å². The zero-order valence-electron chi connectivity index (χ0n) is 14.2. The van der Waals surface area contributed by atoms with Crippen LogP contribution >= 0.6 is 0 Å². The van der Waals surface area contributed by atoms with Crippen LogP contribution in [0.2, 0.25) is 0 Å². The van der Waals surface area contributed by atoms with Gasteiger partial charge in [-0.15, -0.1) is 0 Å². The van der Waals surface area contributed by atoms with Crippen LogP contribution in [0.4, 0.5) is 5.69 Å². The minimum atomic E-state index is -1.81. The molecule has 5 N–H and O–H groups in total. The fourth-order valence-electron chi connectivity index (χ4n) is 2.43. The van der Waals surface area contributed by atoms with E-state index in [0.717, 1.165) is 0 Å². The number of carboxylic acid groups (broad SMARTS) is 1. The third-order valence-corrected chi connectivity index (χ3v) is 3.62. The molecule has 2 rings (SSSR count). The van der Waals surface area contributed by atoms with E-state index >= 15 is 0 Å². The number of carbonyl (C=O) groups is 2. The molecule has 10 heteroatoms. The van der Waals surface area contributed by atoms with Crippen LogP contribution in [0.5, 0.6) is 11.5 Å². The van der Waals surface area contributed by atoms with E-state index in [1.54, 1.807) is 6.92 Å². The Kier molecular flexibility index (Phi) is 6.37. The number of carbonyl (C=O) groups excluding carboxylic acids is 1. The van der Waals surface area contributed by atoms with Crippen molar-refractivity contribution in [3.8, 4) is 11.5 Å². The van der Waals surface area contributed by atoms with E-state index in [0.29, 0.717) is 5.69 Å². The normalized spacial score (nSPS) is 28.3. The van der Waals surface area contributed by atoms with E-state index in [2.05, 4.69) is 5.32 Å². The molecule has 0 radical (unpaired) electrons. The topological polar surface area (TPSA) is 155 Å². The Morgan fingerprint density at radius 2 is 1.85 bits per heavy atom. The molecule has 0 unspecified atom stereocenters. The Labute approximate surface area is 148 Å². The van der Waals surface area contributed by atoms with Gasteiger partial charge in [-0.1, -0.05) is 0 Å². The molecule has 5 atom stereocenters. The fourth-order valence-corrected chi connectivity index (χ4v) is 2.43. The van der Waals surface area contributed by atoms with Gasteiger partial charge in [-0.3, -0.25) is 4.79 Å². The lowest BCUT2D eigenvalue weighted by Crippen LogP contribution is -2.61. The molecule has 26 heavy (non-hydrogen) atoms. The largest absolute Gasteiger partial charge is 0.490 e. The standard InChI is InChI=1S/C16H21NO9/c1-3-24-10-6-8(17-7(2)18)4-5-9(10)25-16-13(21)11(19)12(20)14(26-16)15(22)23/h4-6,11-14,16,19-21H,3H2,1-2H3,(H,17,18)(H,22,23)/t11-,12-,13+,14-,16+/m0/s1. The quantitative estimate of drug-likeness (QED) is 0.437. The Balaban J connectivity index is 2.24. The van der Waals surface area contributed by atoms with Crippen molar-refractivity contribution in [3.05, 3.63) is 18.2 Å². The Morgan fingerprint density at radius 3 is 2.42 bits per heavy atom. The molecule has 1 amide bonds. The SMILES string of the molecule is CCOc1cc(NC(C)=O)ccc1O[C@@H]1O[C@H](C(=O)O)[C@@H](O)[C@H](O)[C@H]1O. The van der Waals surface area contributed by atoms with Gasteiger partial charge in [0.05, 0.1) is 6.61 Å². The average Bonchev–Trinajstić information content (AvgIpc) is 2.56. The second-order valence-corrected chi connectivity index (χ2v) is 5.63. The Morgan fingerprint density at radius 1 is 1.15 bits per heavy atom. The molecule has 1 saturated heterocycles. The van der Waals surface area contributed by atoms with E-state index in [1.165, 1.54) is 25.1 Å². The van der Waals surface area contributed by atoms with Gasteiger partial charge in [-0.25, -0.2) is 4.79 Å². The summed E-state index contributed by atoms with van der Waals surface area (Å²) in [6, 6.07) is 4.42. The van der Waals surface area contributed by atoms with Crippen LogP contribution in [0.1, 0.15) is 13.8 Å². The molecular weight excluding hydrogens is 350 g/mol. The Hall–Kier alpha value is -2.40. The van der Waals surface area contributed by atoms with Crippen molar-refractivity contribution >= 4 is 17.6 Å². The summed E-state index contributed by atoms with van der Waals surface area (Å²) in [5.41, 5.74) is 0.442. The first-order valence-corrected chi connectivity index (χ1v) is 7.88. The molecule has 1 heterocycles. The number of amides is 1. The van der Waals surface area contributed by atoms with Gasteiger partial charge >= 0.3 is 5.97 Å². The summed E-state index contributed by atoms with van der Waals surface area (Å²) >= 11 is 0. The van der Waals surface area contributed by atoms with Crippen LogP contribution in [0, 0.1) is 0 Å². The van der Waals surface area contributed by atoms with E-state index < -0.39 is 36.7 Å². The van der Waals surface area contributed by atoms with Gasteiger partial charge in [-0.2, -0.15) is 0 Å². The highest BCUT2D eigenvalue weighted by Gasteiger charge is 2.48. The van der Waals surface area contributed by atoms with Crippen LogP contribution in [0.15, 0.2) is 18.2 Å². The van der Waals surface area contributed by atoms with Crippen molar-refractivity contribution in [2.24, 2.45) is 0 Å². The second kappa shape index (κ2) is 8.32. The summed E-state index contributed by atoms with van der Waals surface area (Å²) < 4.78 is 16.0. The Bertz CT molecular complexity index is 665. The number of aliphatic hydroxyl groups is 3. The number of anilines is 1. The van der Waals surface area contributed by atoms with Crippen LogP contribution < -0.4 is 14.8 Å². The summed E-state index contributed by atoms with van der Waals surface area (Å²) in [7, 11) is 0. The minimum Gasteiger partial charge on any atom is -0.490 e. The van der Waals surface area contributed by atoms with Crippen LogP contribution in [0.25, 0.3) is 0 Å². The lowest BCUT2D eigenvalue weighted by Gasteiger charge is -2.38. The van der Waals surface area contributed by atoms with E-state index in [9.17, 15) is 24.9 Å². The number of nitrogens with one attached hydrogen (secondary N) is 1. The summed E-state index contributed by atoms with van der Waals surface area (Å²) in [5.74, 6) is -1.49. The van der Waals surface area contributed by atoms with Crippen molar-refractivity contribution in [1.29, 1.82) is 0 Å². The zero-order valence-corrected chi connectivity index (χ0v) is 14.2. The van der Waals surface area contributed by atoms with Gasteiger partial charge < -0.3 is 40.0 Å². The van der Waals surface area contributed by atoms with Gasteiger partial charge in [0.2, 0.25) is 12.2 Å². The highest BCUT2D eigenvalue weighted by molar-refractivity contribution is 5.89. The molecule has 1 aromatic carbocycles. The van der Waals surface area contributed by atoms with Gasteiger partial charge in [0.25, 0.3) is 0 Å². The number of aliphatic carboxylic acids is 1. The number of aliphatic hydroxyl groups excluding tert-OH is 3. The van der Waals surface area contributed by atoms with Gasteiger partial charge in [0.1, 0.15) is 18.3 Å². The van der Waals surface area contributed by atoms with Crippen molar-refractivity contribution in [2.45, 2.75) is 44.6 Å². The van der Waals surface area contributed by atoms with Crippen molar-refractivity contribution in [1.82, 2.24) is 0 Å². The molecule has 0 aliphatic carbocycles. The third-order valence-electron chi connectivity index (χ3n) is 3.62. The summed E-state index contributed by atoms with van der Waals surface area (Å²) in [6.07, 6.45) is -8.60. The lowest BCUT2D eigenvalue weighted by molar-refractivity contribution is -0.271. The maximum atomic E-state index is 11.2. The number of rotatable bonds is 6. The van der Waals surface area contributed by atoms with E-state index in [4.69, 9.17) is 19.3 Å². The highest BCUT2D eigenvalue weighted by atomic mass is 16.7. The maximum Gasteiger partial charge on any atom is 0.335 e. The van der Waals surface area contributed by atoms with E-state index in [1.807, 2.05) is 0 Å². The molecule has 1 aliphatic rings. The minimum absolute atomic E-state index is 0.0951. The third kappa shape index (κ3) is 4.41. The van der Waals surface area contributed by atoms with Crippen molar-refractivity contribution in [3.63, 3.8) is 0 Å². The summed E-state index contributed by atoms with van der Waals surface area (Å²) in [6.45, 7) is 3.34. The molecule has 0 aromatic heterocycles. The predicted molar refractivity (Wildman–Crippen MR) is 86.9 cm³/mol. The zero-order chi connectivity index (χ0) is 19.4. The number of benzene rings is 1. The van der Waals surface area contributed by atoms with Crippen molar-refractivity contribution in [2.75, 3.05) is 11.9 Å². The average molecular weight is 371 g/mol. The predicted octanol–water partition coefficient (Wildman–Crippen LogP) is -0.685. The van der Waals surface area contributed by atoms with Crippen LogP contribution in [0.3, 0.4) is 0 Å². The molecule has 1 aliphatic heterocycles. The molecule has 0 saturated carbocycles. The molecule has 144 valence electrons. The summed E-state index contributed by atoms with van der Waals surface area (Å²) in [4.78, 5) is 22.3. The summed E-state index contributed by atoms with van der Waals surface area (Å²) in [5, 5.41) is 41.2. The molecule has 0 spiro atoms. The number of carboxylic acids is 1. The van der Waals surface area contributed by atoms with Gasteiger partial charge in [0, 0.05) is 18.7 Å². The number of hydrogen-bond acceptors (Lipinski definition) is 8. The van der Waals surface area contributed by atoms with Crippen LogP contribution in [-0.2, 0) is 14.3 Å².